The van der Waals surface area contributed by atoms with Gasteiger partial charge in [-0.3, -0.25) is 19.4 Å². The van der Waals surface area contributed by atoms with Crippen LogP contribution >= 0.6 is 0 Å². The van der Waals surface area contributed by atoms with Crippen molar-refractivity contribution in [3.63, 3.8) is 0 Å². The van der Waals surface area contributed by atoms with Gasteiger partial charge in [0.25, 0.3) is 0 Å². The minimum Gasteiger partial charge on any atom is -0.354 e. The first kappa shape index (κ1) is 17.1. The standard InChI is InChI=1S/C19H26N6O/c1-13(2)21-19(26)16-11-24-8-6-14(16)9-15(24)10-25-12-18(22-23-25)17-5-3-4-7-20-17/h3-5,7,12-16H,6,8-11H2,1-2H3,(H,21,26)/t14-,15+,16+/m0/s1. The Morgan fingerprint density at radius 1 is 1.35 bits per heavy atom. The van der Waals surface area contributed by atoms with Crippen LogP contribution in [0.1, 0.15) is 26.7 Å². The predicted octanol–water partition coefficient (Wildman–Crippen LogP) is 1.58. The smallest absolute Gasteiger partial charge is 0.224 e. The Kier molecular flexibility index (Phi) is 4.72. The van der Waals surface area contributed by atoms with Crippen molar-refractivity contribution in [1.82, 2.24) is 30.2 Å². The van der Waals surface area contributed by atoms with Gasteiger partial charge in [0.05, 0.1) is 24.4 Å². The first-order chi connectivity index (χ1) is 12.6. The van der Waals surface area contributed by atoms with E-state index in [0.29, 0.717) is 12.0 Å². The molecule has 26 heavy (non-hydrogen) atoms. The number of amides is 1. The van der Waals surface area contributed by atoms with Crippen LogP contribution in [0.3, 0.4) is 0 Å². The quantitative estimate of drug-likeness (QED) is 0.882. The molecule has 0 aromatic carbocycles. The molecule has 0 saturated carbocycles. The van der Waals surface area contributed by atoms with Gasteiger partial charge in [0.15, 0.2) is 0 Å². The highest BCUT2D eigenvalue weighted by Gasteiger charge is 2.43. The molecule has 1 amide bonds. The largest absolute Gasteiger partial charge is 0.354 e. The second-order valence-electron chi connectivity index (χ2n) is 7.74. The molecule has 138 valence electrons. The molecule has 2 aromatic heterocycles. The summed E-state index contributed by atoms with van der Waals surface area (Å²) in [4.78, 5) is 19.2. The van der Waals surface area contributed by atoms with Crippen LogP contribution in [-0.4, -0.2) is 56.0 Å². The van der Waals surface area contributed by atoms with Gasteiger partial charge in [-0.15, -0.1) is 5.10 Å². The van der Waals surface area contributed by atoms with Gasteiger partial charge in [-0.25, -0.2) is 0 Å². The summed E-state index contributed by atoms with van der Waals surface area (Å²) in [5, 5.41) is 11.6. The summed E-state index contributed by atoms with van der Waals surface area (Å²) in [6.07, 6.45) is 5.90. The van der Waals surface area contributed by atoms with Crippen LogP contribution in [0.15, 0.2) is 30.6 Å². The van der Waals surface area contributed by atoms with Gasteiger partial charge in [0.1, 0.15) is 5.69 Å². The predicted molar refractivity (Wildman–Crippen MR) is 98.1 cm³/mol. The van der Waals surface area contributed by atoms with E-state index in [1.54, 1.807) is 6.20 Å². The number of rotatable bonds is 5. The van der Waals surface area contributed by atoms with Crippen molar-refractivity contribution in [2.24, 2.45) is 11.8 Å². The van der Waals surface area contributed by atoms with Crippen molar-refractivity contribution < 1.29 is 4.79 Å². The summed E-state index contributed by atoms with van der Waals surface area (Å²) in [6.45, 7) is 6.78. The molecule has 7 heteroatoms. The molecule has 1 unspecified atom stereocenters. The first-order valence-electron chi connectivity index (χ1n) is 9.46. The number of piperidine rings is 3. The average Bonchev–Trinajstić information content (AvgIpc) is 3.11. The highest BCUT2D eigenvalue weighted by Crippen LogP contribution is 2.37. The third-order valence-electron chi connectivity index (χ3n) is 5.51. The van der Waals surface area contributed by atoms with Gasteiger partial charge < -0.3 is 5.32 Å². The van der Waals surface area contributed by atoms with Crippen LogP contribution in [0, 0.1) is 11.8 Å². The second kappa shape index (κ2) is 7.15. The molecule has 3 aliphatic heterocycles. The summed E-state index contributed by atoms with van der Waals surface area (Å²) >= 11 is 0. The zero-order chi connectivity index (χ0) is 18.1. The average molecular weight is 354 g/mol. The summed E-state index contributed by atoms with van der Waals surface area (Å²) in [7, 11) is 0. The molecule has 7 nitrogen and oxygen atoms in total. The van der Waals surface area contributed by atoms with Gasteiger partial charge in [-0.1, -0.05) is 11.3 Å². The van der Waals surface area contributed by atoms with Gasteiger partial charge in [0, 0.05) is 24.8 Å². The number of pyridine rings is 1. The Morgan fingerprint density at radius 3 is 2.92 bits per heavy atom. The Balaban J connectivity index is 1.40. The van der Waals surface area contributed by atoms with Crippen molar-refractivity contribution in [2.75, 3.05) is 13.1 Å². The highest BCUT2D eigenvalue weighted by atomic mass is 16.2. The second-order valence-corrected chi connectivity index (χ2v) is 7.74. The van der Waals surface area contributed by atoms with Crippen LogP contribution < -0.4 is 5.32 Å². The summed E-state index contributed by atoms with van der Waals surface area (Å²) in [6, 6.07) is 6.42. The molecule has 3 saturated heterocycles. The van der Waals surface area contributed by atoms with Crippen LogP contribution in [-0.2, 0) is 11.3 Å². The number of nitrogens with one attached hydrogen (secondary N) is 1. The fourth-order valence-corrected chi connectivity index (χ4v) is 4.25. The van der Waals surface area contributed by atoms with Gasteiger partial charge in [-0.2, -0.15) is 0 Å². The molecule has 5 heterocycles. The number of fused-ring (bicyclic) bond motifs is 3. The van der Waals surface area contributed by atoms with Crippen LogP contribution in [0.2, 0.25) is 0 Å². The van der Waals surface area contributed by atoms with E-state index >= 15 is 0 Å². The molecular formula is C19H26N6O. The third-order valence-corrected chi connectivity index (χ3v) is 5.51. The van der Waals surface area contributed by atoms with Gasteiger partial charge >= 0.3 is 0 Å². The van der Waals surface area contributed by atoms with Crippen molar-refractivity contribution in [2.45, 2.75) is 45.3 Å². The third kappa shape index (κ3) is 3.49. The number of hydrogen-bond acceptors (Lipinski definition) is 5. The zero-order valence-electron chi connectivity index (χ0n) is 15.4. The maximum Gasteiger partial charge on any atom is 0.224 e. The molecule has 0 spiro atoms. The SMILES string of the molecule is CC(C)NC(=O)[C@@H]1CN2CC[C@H]1C[C@@H]2Cn1cc(-c2ccccn2)nn1. The molecule has 2 bridgehead atoms. The van der Waals surface area contributed by atoms with E-state index in [9.17, 15) is 4.79 Å². The lowest BCUT2D eigenvalue weighted by Crippen LogP contribution is -2.58. The fraction of sp³-hybridized carbons (Fsp3) is 0.579. The van der Waals surface area contributed by atoms with Crippen molar-refractivity contribution in [3.05, 3.63) is 30.6 Å². The van der Waals surface area contributed by atoms with E-state index in [-0.39, 0.29) is 17.9 Å². The molecule has 1 N–H and O–H groups in total. The van der Waals surface area contributed by atoms with Gasteiger partial charge in [-0.05, 0) is 51.3 Å². The van der Waals surface area contributed by atoms with E-state index in [1.807, 2.05) is 42.9 Å². The zero-order valence-corrected chi connectivity index (χ0v) is 15.4. The molecule has 3 aliphatic rings. The van der Waals surface area contributed by atoms with Crippen LogP contribution in [0.4, 0.5) is 0 Å². The van der Waals surface area contributed by atoms with E-state index in [0.717, 1.165) is 43.9 Å². The lowest BCUT2D eigenvalue weighted by atomic mass is 9.75. The minimum absolute atomic E-state index is 0.127. The molecule has 0 radical (unpaired) electrons. The monoisotopic (exact) mass is 354 g/mol. The van der Waals surface area contributed by atoms with Crippen LogP contribution in [0.5, 0.6) is 0 Å². The molecule has 3 fully saturated rings. The number of nitrogens with zero attached hydrogens (tertiary/aromatic N) is 5. The van der Waals surface area contributed by atoms with Crippen molar-refractivity contribution >= 4 is 5.91 Å². The van der Waals surface area contributed by atoms with E-state index in [1.165, 1.54) is 0 Å². The normalized spacial score (nSPS) is 27.7. The fourth-order valence-electron chi connectivity index (χ4n) is 4.25. The molecule has 5 rings (SSSR count). The molecule has 0 aliphatic carbocycles. The number of carbonyl (C=O) groups is 1. The number of carbonyl (C=O) groups excluding carboxylic acids is 1. The summed E-state index contributed by atoms with van der Waals surface area (Å²) < 4.78 is 1.92. The Morgan fingerprint density at radius 2 is 2.23 bits per heavy atom. The lowest BCUT2D eigenvalue weighted by Gasteiger charge is -2.49. The Labute approximate surface area is 153 Å². The summed E-state index contributed by atoms with van der Waals surface area (Å²) in [5.74, 6) is 0.816. The van der Waals surface area contributed by atoms with E-state index in [2.05, 4.69) is 25.5 Å². The molecule has 2 aromatic rings. The molecular weight excluding hydrogens is 328 g/mol. The maximum absolute atomic E-state index is 12.5. The Hall–Kier alpha value is -2.28. The van der Waals surface area contributed by atoms with E-state index < -0.39 is 0 Å². The van der Waals surface area contributed by atoms with Crippen molar-refractivity contribution in [3.8, 4) is 11.4 Å². The number of hydrogen-bond donors (Lipinski definition) is 1. The Bertz CT molecular complexity index is 758. The van der Waals surface area contributed by atoms with E-state index in [4.69, 9.17) is 0 Å². The van der Waals surface area contributed by atoms with Gasteiger partial charge in [0.2, 0.25) is 5.91 Å². The summed E-state index contributed by atoms with van der Waals surface area (Å²) in [5.41, 5.74) is 1.64. The topological polar surface area (TPSA) is 75.9 Å². The highest BCUT2D eigenvalue weighted by molar-refractivity contribution is 5.79. The number of aromatic nitrogens is 4. The maximum atomic E-state index is 12.5. The molecule has 4 atom stereocenters. The first-order valence-corrected chi connectivity index (χ1v) is 9.46. The minimum atomic E-state index is 0.127. The van der Waals surface area contributed by atoms with Crippen LogP contribution in [0.25, 0.3) is 11.4 Å². The lowest BCUT2D eigenvalue weighted by molar-refractivity contribution is -0.133. The van der Waals surface area contributed by atoms with Crippen molar-refractivity contribution in [1.29, 1.82) is 0 Å².